The lowest BCUT2D eigenvalue weighted by atomic mass is 10.1. The summed E-state index contributed by atoms with van der Waals surface area (Å²) in [5, 5.41) is 3.04. The van der Waals surface area contributed by atoms with Gasteiger partial charge in [0.05, 0.1) is 10.9 Å². The summed E-state index contributed by atoms with van der Waals surface area (Å²) < 4.78 is 10.7. The van der Waals surface area contributed by atoms with Crippen molar-refractivity contribution in [3.8, 4) is 11.5 Å². The maximum atomic E-state index is 12.4. The zero-order valence-corrected chi connectivity index (χ0v) is 13.8. The summed E-state index contributed by atoms with van der Waals surface area (Å²) in [6.07, 6.45) is 0.952. The van der Waals surface area contributed by atoms with Gasteiger partial charge in [-0.25, -0.2) is 0 Å². The average molecular weight is 317 g/mol. The molecule has 0 saturated carbocycles. The molecule has 2 heterocycles. The van der Waals surface area contributed by atoms with E-state index < -0.39 is 0 Å². The van der Waals surface area contributed by atoms with E-state index in [9.17, 15) is 4.79 Å². The van der Waals surface area contributed by atoms with Crippen LogP contribution in [0.4, 0.5) is 0 Å². The molecule has 1 N–H and O–H groups in total. The zero-order valence-electron chi connectivity index (χ0n) is 12.9. The average Bonchev–Trinajstić information content (AvgIpc) is 3.12. The first-order valence-electron chi connectivity index (χ1n) is 7.38. The van der Waals surface area contributed by atoms with Crippen LogP contribution in [0.1, 0.15) is 45.6 Å². The predicted octanol–water partition coefficient (Wildman–Crippen LogP) is 3.84. The van der Waals surface area contributed by atoms with Crippen molar-refractivity contribution in [2.45, 2.75) is 33.2 Å². The molecule has 116 valence electrons. The molecule has 22 heavy (non-hydrogen) atoms. The smallest absolute Gasteiger partial charge is 0.261 e. The fourth-order valence-corrected chi connectivity index (χ4v) is 3.53. The number of benzene rings is 1. The third-order valence-electron chi connectivity index (χ3n) is 3.87. The third-order valence-corrected chi connectivity index (χ3v) is 4.96. The Labute approximate surface area is 134 Å². The summed E-state index contributed by atoms with van der Waals surface area (Å²) in [5.41, 5.74) is 2.24. The highest BCUT2D eigenvalue weighted by Gasteiger charge is 2.18. The number of rotatable bonds is 4. The van der Waals surface area contributed by atoms with Crippen LogP contribution in [0.5, 0.6) is 11.5 Å². The number of hydrogen-bond donors (Lipinski definition) is 1. The van der Waals surface area contributed by atoms with Gasteiger partial charge in [0.2, 0.25) is 6.79 Å². The number of hydrogen-bond acceptors (Lipinski definition) is 4. The van der Waals surface area contributed by atoms with Gasteiger partial charge in [0.1, 0.15) is 0 Å². The van der Waals surface area contributed by atoms with Crippen molar-refractivity contribution in [1.29, 1.82) is 0 Å². The largest absolute Gasteiger partial charge is 0.454 e. The molecule has 1 amide bonds. The summed E-state index contributed by atoms with van der Waals surface area (Å²) >= 11 is 1.55. The second kappa shape index (κ2) is 6.01. The van der Waals surface area contributed by atoms with Crippen LogP contribution in [0.25, 0.3) is 0 Å². The molecule has 1 aromatic heterocycles. The minimum atomic E-state index is -0.0884. The summed E-state index contributed by atoms with van der Waals surface area (Å²) in [7, 11) is 0. The summed E-state index contributed by atoms with van der Waals surface area (Å²) in [6.45, 7) is 6.39. The van der Waals surface area contributed by atoms with Gasteiger partial charge in [0.25, 0.3) is 5.91 Å². The van der Waals surface area contributed by atoms with Crippen LogP contribution < -0.4 is 14.8 Å². The monoisotopic (exact) mass is 317 g/mol. The SMILES string of the molecule is CCc1cc(C(=O)NC(C)c2ccc3c(c2)OCO3)sc1C. The minimum absolute atomic E-state index is 0.0297. The van der Waals surface area contributed by atoms with Crippen LogP contribution in [0.15, 0.2) is 24.3 Å². The third kappa shape index (κ3) is 2.81. The quantitative estimate of drug-likeness (QED) is 0.932. The lowest BCUT2D eigenvalue weighted by Crippen LogP contribution is -2.25. The number of nitrogens with one attached hydrogen (secondary N) is 1. The highest BCUT2D eigenvalue weighted by Crippen LogP contribution is 2.34. The first-order chi connectivity index (χ1) is 10.6. The first-order valence-corrected chi connectivity index (χ1v) is 8.20. The molecule has 0 bridgehead atoms. The van der Waals surface area contributed by atoms with Crippen LogP contribution in [0.3, 0.4) is 0 Å². The lowest BCUT2D eigenvalue weighted by Gasteiger charge is -2.14. The van der Waals surface area contributed by atoms with Crippen molar-refractivity contribution in [2.75, 3.05) is 6.79 Å². The Morgan fingerprint density at radius 3 is 2.82 bits per heavy atom. The summed E-state index contributed by atoms with van der Waals surface area (Å²) in [5.74, 6) is 1.46. The van der Waals surface area contributed by atoms with E-state index in [1.807, 2.05) is 31.2 Å². The number of carbonyl (C=O) groups excluding carboxylic acids is 1. The number of aryl methyl sites for hydroxylation is 2. The summed E-state index contributed by atoms with van der Waals surface area (Å²) in [6, 6.07) is 7.65. The molecular formula is C17H19NO3S. The Bertz CT molecular complexity index is 708. The van der Waals surface area contributed by atoms with Gasteiger partial charge in [-0.15, -0.1) is 11.3 Å². The molecule has 0 radical (unpaired) electrons. The summed E-state index contributed by atoms with van der Waals surface area (Å²) in [4.78, 5) is 14.4. The van der Waals surface area contributed by atoms with Crippen molar-refractivity contribution in [2.24, 2.45) is 0 Å². The van der Waals surface area contributed by atoms with E-state index in [-0.39, 0.29) is 18.7 Å². The van der Waals surface area contributed by atoms with Crippen LogP contribution in [-0.4, -0.2) is 12.7 Å². The van der Waals surface area contributed by atoms with Gasteiger partial charge < -0.3 is 14.8 Å². The molecule has 0 fully saturated rings. The molecule has 1 aromatic carbocycles. The van der Waals surface area contributed by atoms with E-state index in [0.717, 1.165) is 28.4 Å². The first kappa shape index (κ1) is 14.9. The van der Waals surface area contributed by atoms with E-state index in [0.29, 0.717) is 0 Å². The fourth-order valence-electron chi connectivity index (χ4n) is 2.52. The van der Waals surface area contributed by atoms with Gasteiger partial charge >= 0.3 is 0 Å². The van der Waals surface area contributed by atoms with Crippen molar-refractivity contribution in [3.63, 3.8) is 0 Å². The molecule has 0 spiro atoms. The van der Waals surface area contributed by atoms with Gasteiger partial charge in [-0.05, 0) is 49.6 Å². The molecule has 0 aliphatic carbocycles. The maximum Gasteiger partial charge on any atom is 0.261 e. The van der Waals surface area contributed by atoms with Gasteiger partial charge in [0.15, 0.2) is 11.5 Å². The Balaban J connectivity index is 1.73. The lowest BCUT2D eigenvalue weighted by molar-refractivity contribution is 0.0944. The Morgan fingerprint density at radius 2 is 2.09 bits per heavy atom. The highest BCUT2D eigenvalue weighted by atomic mass is 32.1. The number of amides is 1. The Kier molecular flexibility index (Phi) is 4.07. The Hall–Kier alpha value is -2.01. The van der Waals surface area contributed by atoms with Gasteiger partial charge in [-0.1, -0.05) is 13.0 Å². The van der Waals surface area contributed by atoms with Crippen LogP contribution >= 0.6 is 11.3 Å². The molecule has 4 nitrogen and oxygen atoms in total. The fraction of sp³-hybridized carbons (Fsp3) is 0.353. The molecule has 1 unspecified atom stereocenters. The molecule has 0 saturated heterocycles. The highest BCUT2D eigenvalue weighted by molar-refractivity contribution is 7.14. The molecule has 3 rings (SSSR count). The number of fused-ring (bicyclic) bond motifs is 1. The second-order valence-electron chi connectivity index (χ2n) is 5.35. The zero-order chi connectivity index (χ0) is 15.7. The van der Waals surface area contributed by atoms with Gasteiger partial charge in [-0.3, -0.25) is 4.79 Å². The number of thiophene rings is 1. The van der Waals surface area contributed by atoms with Crippen molar-refractivity contribution in [3.05, 3.63) is 45.1 Å². The molecule has 5 heteroatoms. The number of carbonyl (C=O) groups is 1. The second-order valence-corrected chi connectivity index (χ2v) is 6.61. The van der Waals surface area contributed by atoms with Gasteiger partial charge in [-0.2, -0.15) is 0 Å². The van der Waals surface area contributed by atoms with Crippen molar-refractivity contribution in [1.82, 2.24) is 5.32 Å². The van der Waals surface area contributed by atoms with Crippen LogP contribution in [0, 0.1) is 6.92 Å². The van der Waals surface area contributed by atoms with Gasteiger partial charge in [0, 0.05) is 4.88 Å². The normalized spacial score (nSPS) is 14.0. The topological polar surface area (TPSA) is 47.6 Å². The molecule has 2 aromatic rings. The number of ether oxygens (including phenoxy) is 2. The molecule has 1 atom stereocenters. The minimum Gasteiger partial charge on any atom is -0.454 e. The molecular weight excluding hydrogens is 298 g/mol. The van der Waals surface area contributed by atoms with E-state index in [2.05, 4.69) is 19.2 Å². The van der Waals surface area contributed by atoms with Crippen molar-refractivity contribution < 1.29 is 14.3 Å². The maximum absolute atomic E-state index is 12.4. The standard InChI is InChI=1S/C17H19NO3S/c1-4-12-8-16(22-11(12)3)17(19)18-10(2)13-5-6-14-15(7-13)21-9-20-14/h5-8,10H,4,9H2,1-3H3,(H,18,19). The van der Waals surface area contributed by atoms with Crippen LogP contribution in [-0.2, 0) is 6.42 Å². The van der Waals surface area contributed by atoms with Crippen molar-refractivity contribution >= 4 is 17.2 Å². The predicted molar refractivity (Wildman–Crippen MR) is 86.9 cm³/mol. The van der Waals surface area contributed by atoms with E-state index >= 15 is 0 Å². The molecule has 1 aliphatic heterocycles. The molecule has 1 aliphatic rings. The van der Waals surface area contributed by atoms with Crippen LogP contribution in [0.2, 0.25) is 0 Å². The van der Waals surface area contributed by atoms with E-state index in [1.54, 1.807) is 11.3 Å². The Morgan fingerprint density at radius 1 is 1.32 bits per heavy atom. The van der Waals surface area contributed by atoms with E-state index in [4.69, 9.17) is 9.47 Å². The van der Waals surface area contributed by atoms with E-state index in [1.165, 1.54) is 10.4 Å².